The molecule has 2 N–H and O–H groups in total. The molecule has 0 unspecified atom stereocenters. The van der Waals surface area contributed by atoms with Crippen LogP contribution >= 0.6 is 0 Å². The summed E-state index contributed by atoms with van der Waals surface area (Å²) in [5.74, 6) is -0.0111. The van der Waals surface area contributed by atoms with Gasteiger partial charge in [-0.1, -0.05) is 18.9 Å². The summed E-state index contributed by atoms with van der Waals surface area (Å²) < 4.78 is 14.4. The first kappa shape index (κ1) is 12.2. The van der Waals surface area contributed by atoms with Crippen LogP contribution in [0.4, 0.5) is 4.39 Å². The molecule has 1 saturated carbocycles. The molecule has 0 bridgehead atoms. The van der Waals surface area contributed by atoms with Gasteiger partial charge in [0.15, 0.2) is 0 Å². The van der Waals surface area contributed by atoms with Gasteiger partial charge in [0.25, 0.3) is 0 Å². The highest BCUT2D eigenvalue weighted by atomic mass is 19.1. The summed E-state index contributed by atoms with van der Waals surface area (Å²) in [7, 11) is 0. The highest BCUT2D eigenvalue weighted by molar-refractivity contribution is 5.39. The molecular weight excluding hydrogens is 225 g/mol. The normalized spacial score (nSPS) is 21.9. The molecule has 2 heteroatoms. The summed E-state index contributed by atoms with van der Waals surface area (Å²) in [5.41, 5.74) is 9.41. The maximum atomic E-state index is 14.4. The van der Waals surface area contributed by atoms with Crippen molar-refractivity contribution in [3.63, 3.8) is 0 Å². The third kappa shape index (κ3) is 1.87. The van der Waals surface area contributed by atoms with Crippen molar-refractivity contribution in [2.24, 2.45) is 5.73 Å². The van der Waals surface area contributed by atoms with E-state index in [-0.39, 0.29) is 11.2 Å². The van der Waals surface area contributed by atoms with Gasteiger partial charge in [0.1, 0.15) is 5.82 Å². The lowest BCUT2D eigenvalue weighted by atomic mass is 9.76. The van der Waals surface area contributed by atoms with E-state index >= 15 is 0 Å². The van der Waals surface area contributed by atoms with Crippen molar-refractivity contribution in [3.8, 4) is 0 Å². The lowest BCUT2D eigenvalue weighted by Crippen LogP contribution is -2.33. The molecule has 1 aromatic carbocycles. The number of hydrogen-bond donors (Lipinski definition) is 1. The van der Waals surface area contributed by atoms with Crippen molar-refractivity contribution in [2.45, 2.75) is 56.8 Å². The highest BCUT2D eigenvalue weighted by Gasteiger charge is 2.37. The zero-order valence-electron chi connectivity index (χ0n) is 11.0. The SMILES string of the molecule is NCC1(c2cc3c(cc2F)CCCC3)CCCC1. The Hall–Kier alpha value is -0.890. The van der Waals surface area contributed by atoms with Gasteiger partial charge in [-0.2, -0.15) is 0 Å². The Balaban J connectivity index is 2.05. The maximum Gasteiger partial charge on any atom is 0.127 e. The van der Waals surface area contributed by atoms with E-state index in [4.69, 9.17) is 5.73 Å². The van der Waals surface area contributed by atoms with Gasteiger partial charge >= 0.3 is 0 Å². The summed E-state index contributed by atoms with van der Waals surface area (Å²) in [6, 6.07) is 3.93. The van der Waals surface area contributed by atoms with Gasteiger partial charge in [-0.25, -0.2) is 4.39 Å². The first-order valence-electron chi connectivity index (χ1n) is 7.27. The minimum absolute atomic E-state index is 0.0111. The molecule has 98 valence electrons. The Bertz CT molecular complexity index is 447. The largest absolute Gasteiger partial charge is 0.330 e. The van der Waals surface area contributed by atoms with Gasteiger partial charge in [-0.15, -0.1) is 0 Å². The maximum absolute atomic E-state index is 14.4. The first-order valence-corrected chi connectivity index (χ1v) is 7.27. The van der Waals surface area contributed by atoms with Crippen molar-refractivity contribution in [3.05, 3.63) is 34.6 Å². The standard InChI is InChI=1S/C16H22FN/c17-15-10-13-6-2-1-5-12(13)9-14(15)16(11-18)7-3-4-8-16/h9-10H,1-8,11,18H2. The number of benzene rings is 1. The molecule has 0 spiro atoms. The zero-order chi connectivity index (χ0) is 12.6. The van der Waals surface area contributed by atoms with E-state index in [9.17, 15) is 4.39 Å². The van der Waals surface area contributed by atoms with Crippen LogP contribution in [0.2, 0.25) is 0 Å². The Kier molecular flexibility index (Phi) is 3.14. The second-order valence-electron chi connectivity index (χ2n) is 6.00. The van der Waals surface area contributed by atoms with Crippen molar-refractivity contribution >= 4 is 0 Å². The average molecular weight is 247 g/mol. The average Bonchev–Trinajstić information content (AvgIpc) is 2.88. The predicted molar refractivity (Wildman–Crippen MR) is 72.2 cm³/mol. The van der Waals surface area contributed by atoms with E-state index < -0.39 is 0 Å². The number of nitrogens with two attached hydrogens (primary N) is 1. The molecule has 0 aromatic heterocycles. The third-order valence-electron chi connectivity index (χ3n) is 4.95. The van der Waals surface area contributed by atoms with Crippen LogP contribution in [0.1, 0.15) is 55.2 Å². The lowest BCUT2D eigenvalue weighted by Gasteiger charge is -2.30. The Morgan fingerprint density at radius 3 is 2.22 bits per heavy atom. The van der Waals surface area contributed by atoms with Crippen molar-refractivity contribution in [1.82, 2.24) is 0 Å². The summed E-state index contributed by atoms with van der Waals surface area (Å²) in [4.78, 5) is 0. The fourth-order valence-corrected chi connectivity index (χ4v) is 3.80. The number of aryl methyl sites for hydroxylation is 2. The molecule has 0 heterocycles. The Morgan fingerprint density at radius 1 is 1.00 bits per heavy atom. The molecule has 1 aromatic rings. The molecule has 2 aliphatic carbocycles. The van der Waals surface area contributed by atoms with E-state index in [1.807, 2.05) is 0 Å². The molecule has 18 heavy (non-hydrogen) atoms. The van der Waals surface area contributed by atoms with E-state index in [1.54, 1.807) is 6.07 Å². The minimum Gasteiger partial charge on any atom is -0.330 e. The van der Waals surface area contributed by atoms with Crippen LogP contribution in [0.15, 0.2) is 12.1 Å². The van der Waals surface area contributed by atoms with Gasteiger partial charge in [-0.3, -0.25) is 0 Å². The van der Waals surface area contributed by atoms with Crippen LogP contribution in [-0.2, 0) is 18.3 Å². The smallest absolute Gasteiger partial charge is 0.127 e. The van der Waals surface area contributed by atoms with Crippen molar-refractivity contribution in [2.75, 3.05) is 6.54 Å². The topological polar surface area (TPSA) is 26.0 Å². The molecule has 0 saturated heterocycles. The second kappa shape index (κ2) is 4.65. The van der Waals surface area contributed by atoms with Crippen LogP contribution in [-0.4, -0.2) is 6.54 Å². The molecule has 2 aliphatic rings. The number of rotatable bonds is 2. The molecule has 0 atom stereocenters. The molecule has 0 aliphatic heterocycles. The fraction of sp³-hybridized carbons (Fsp3) is 0.625. The number of fused-ring (bicyclic) bond motifs is 1. The fourth-order valence-electron chi connectivity index (χ4n) is 3.80. The molecule has 0 radical (unpaired) electrons. The van der Waals surface area contributed by atoms with Gasteiger partial charge in [0.05, 0.1) is 0 Å². The lowest BCUT2D eigenvalue weighted by molar-refractivity contribution is 0.425. The second-order valence-corrected chi connectivity index (χ2v) is 6.00. The third-order valence-corrected chi connectivity index (χ3v) is 4.95. The number of halogens is 1. The molecular formula is C16H22FN. The van der Waals surface area contributed by atoms with E-state index in [0.29, 0.717) is 6.54 Å². The van der Waals surface area contributed by atoms with Gasteiger partial charge in [0, 0.05) is 12.0 Å². The van der Waals surface area contributed by atoms with Gasteiger partial charge in [-0.05, 0) is 61.3 Å². The minimum atomic E-state index is -0.0729. The predicted octanol–water partition coefficient (Wildman–Crippen LogP) is 3.48. The quantitative estimate of drug-likeness (QED) is 0.850. The summed E-state index contributed by atoms with van der Waals surface area (Å²) in [5, 5.41) is 0. The molecule has 0 amide bonds. The summed E-state index contributed by atoms with van der Waals surface area (Å²) in [6.07, 6.45) is 9.09. The molecule has 1 fully saturated rings. The van der Waals surface area contributed by atoms with Crippen LogP contribution in [0, 0.1) is 5.82 Å². The van der Waals surface area contributed by atoms with Gasteiger partial charge < -0.3 is 5.73 Å². The molecule has 1 nitrogen and oxygen atoms in total. The van der Waals surface area contributed by atoms with Crippen molar-refractivity contribution < 1.29 is 4.39 Å². The van der Waals surface area contributed by atoms with E-state index in [1.165, 1.54) is 36.8 Å². The monoisotopic (exact) mass is 247 g/mol. The van der Waals surface area contributed by atoms with Crippen LogP contribution in [0.5, 0.6) is 0 Å². The van der Waals surface area contributed by atoms with Crippen LogP contribution in [0.3, 0.4) is 0 Å². The Morgan fingerprint density at radius 2 is 1.61 bits per heavy atom. The van der Waals surface area contributed by atoms with E-state index in [2.05, 4.69) is 6.07 Å². The van der Waals surface area contributed by atoms with Crippen molar-refractivity contribution in [1.29, 1.82) is 0 Å². The zero-order valence-corrected chi connectivity index (χ0v) is 11.0. The van der Waals surface area contributed by atoms with Crippen LogP contribution in [0.25, 0.3) is 0 Å². The first-order chi connectivity index (χ1) is 8.75. The van der Waals surface area contributed by atoms with Crippen LogP contribution < -0.4 is 5.73 Å². The Labute approximate surface area is 109 Å². The summed E-state index contributed by atoms with van der Waals surface area (Å²) in [6.45, 7) is 0.586. The van der Waals surface area contributed by atoms with E-state index in [0.717, 1.165) is 31.2 Å². The summed E-state index contributed by atoms with van der Waals surface area (Å²) >= 11 is 0. The van der Waals surface area contributed by atoms with Gasteiger partial charge in [0.2, 0.25) is 0 Å². The molecule has 3 rings (SSSR count). The number of hydrogen-bond acceptors (Lipinski definition) is 1. The highest BCUT2D eigenvalue weighted by Crippen LogP contribution is 2.42.